The van der Waals surface area contributed by atoms with Crippen LogP contribution in [0.4, 0.5) is 4.79 Å². The first-order valence-electron chi connectivity index (χ1n) is 10.0. The molecule has 3 rings (SSSR count). The fourth-order valence-corrected chi connectivity index (χ4v) is 3.02. The molecule has 0 radical (unpaired) electrons. The Morgan fingerprint density at radius 2 is 1.84 bits per heavy atom. The van der Waals surface area contributed by atoms with Gasteiger partial charge in [0, 0.05) is 18.2 Å². The molecular weight excluding hydrogens is 398 g/mol. The number of carbonyl (C=O) groups is 3. The first-order valence-corrected chi connectivity index (χ1v) is 10.0. The molecule has 0 spiro atoms. The number of imide groups is 1. The van der Waals surface area contributed by atoms with E-state index in [1.54, 1.807) is 23.9 Å². The van der Waals surface area contributed by atoms with Crippen molar-refractivity contribution in [2.24, 2.45) is 0 Å². The lowest BCUT2D eigenvalue weighted by molar-refractivity contribution is -0.127. The van der Waals surface area contributed by atoms with Crippen LogP contribution in [0, 0.1) is 0 Å². The molecular formula is C22H25N5O4. The van der Waals surface area contributed by atoms with E-state index < -0.39 is 24.0 Å². The zero-order chi connectivity index (χ0) is 22.5. The Bertz CT molecular complexity index is 1110. The fraction of sp³-hybridized carbons (Fsp3) is 0.318. The van der Waals surface area contributed by atoms with Gasteiger partial charge in [-0.25, -0.2) is 19.3 Å². The summed E-state index contributed by atoms with van der Waals surface area (Å²) < 4.78 is 7.08. The topological polar surface area (TPSA) is 115 Å². The molecule has 2 heterocycles. The molecule has 3 aromatic rings. The number of esters is 1. The van der Waals surface area contributed by atoms with Crippen LogP contribution in [0.3, 0.4) is 0 Å². The molecule has 2 aromatic heterocycles. The number of hydrogen-bond donors (Lipinski definition) is 2. The number of nitrogens with zero attached hydrogens (tertiary/aromatic N) is 3. The quantitative estimate of drug-likeness (QED) is 0.589. The lowest BCUT2D eigenvalue weighted by Gasteiger charge is -2.14. The number of amides is 3. The third-order valence-corrected chi connectivity index (χ3v) is 4.57. The summed E-state index contributed by atoms with van der Waals surface area (Å²) in [6.07, 6.45) is 0.395. The minimum Gasteiger partial charge on any atom is -0.449 e. The normalized spacial score (nSPS) is 11.9. The molecule has 1 aromatic carbocycles. The number of ether oxygens (including phenoxy) is 1. The number of carbonyl (C=O) groups excluding carboxylic acids is 3. The summed E-state index contributed by atoms with van der Waals surface area (Å²) in [6.45, 7) is 7.43. The molecule has 0 fully saturated rings. The van der Waals surface area contributed by atoms with Gasteiger partial charge in [-0.15, -0.1) is 0 Å². The van der Waals surface area contributed by atoms with Crippen LogP contribution in [0.15, 0.2) is 42.6 Å². The standard InChI is InChI=1S/C22H25N5O4/c1-5-23-22(30)26-20(28)14(4)31-21(29)16-11-18(15-9-7-6-8-10-15)25-19-17(16)12-24-27(19)13(2)3/h6-14H,5H2,1-4H3,(H2,23,26,28,30). The maximum atomic E-state index is 13.0. The van der Waals surface area contributed by atoms with Crippen molar-refractivity contribution in [1.29, 1.82) is 0 Å². The van der Waals surface area contributed by atoms with Crippen LogP contribution in [0.1, 0.15) is 44.1 Å². The average Bonchev–Trinajstić information content (AvgIpc) is 3.18. The summed E-state index contributed by atoms with van der Waals surface area (Å²) in [5.74, 6) is -1.42. The van der Waals surface area contributed by atoms with Crippen LogP contribution < -0.4 is 10.6 Å². The van der Waals surface area contributed by atoms with Gasteiger partial charge in [-0.2, -0.15) is 5.10 Å². The highest BCUT2D eigenvalue weighted by Gasteiger charge is 2.24. The Balaban J connectivity index is 1.95. The molecule has 31 heavy (non-hydrogen) atoms. The smallest absolute Gasteiger partial charge is 0.339 e. The van der Waals surface area contributed by atoms with E-state index in [0.717, 1.165) is 5.56 Å². The molecule has 0 saturated carbocycles. The van der Waals surface area contributed by atoms with E-state index in [0.29, 0.717) is 23.3 Å². The van der Waals surface area contributed by atoms with Crippen molar-refractivity contribution in [2.75, 3.05) is 6.54 Å². The van der Waals surface area contributed by atoms with Crippen molar-refractivity contribution < 1.29 is 19.1 Å². The van der Waals surface area contributed by atoms with E-state index in [2.05, 4.69) is 15.7 Å². The summed E-state index contributed by atoms with van der Waals surface area (Å²) in [4.78, 5) is 41.4. The molecule has 0 aliphatic heterocycles. The van der Waals surface area contributed by atoms with Crippen molar-refractivity contribution in [1.82, 2.24) is 25.4 Å². The summed E-state index contributed by atoms with van der Waals surface area (Å²) in [7, 11) is 0. The summed E-state index contributed by atoms with van der Waals surface area (Å²) in [5.41, 5.74) is 2.20. The predicted molar refractivity (Wildman–Crippen MR) is 115 cm³/mol. The Hall–Kier alpha value is -3.75. The number of nitrogens with one attached hydrogen (secondary N) is 2. The highest BCUT2D eigenvalue weighted by Crippen LogP contribution is 2.27. The number of pyridine rings is 1. The zero-order valence-corrected chi connectivity index (χ0v) is 17.9. The highest BCUT2D eigenvalue weighted by atomic mass is 16.5. The number of urea groups is 1. The van der Waals surface area contributed by atoms with Crippen molar-refractivity contribution in [3.63, 3.8) is 0 Å². The molecule has 162 valence electrons. The Kier molecular flexibility index (Phi) is 6.64. The van der Waals surface area contributed by atoms with Crippen LogP contribution in [0.25, 0.3) is 22.3 Å². The summed E-state index contributed by atoms with van der Waals surface area (Å²) >= 11 is 0. The van der Waals surface area contributed by atoms with E-state index in [-0.39, 0.29) is 11.6 Å². The molecule has 9 heteroatoms. The average molecular weight is 423 g/mol. The van der Waals surface area contributed by atoms with Gasteiger partial charge in [0.15, 0.2) is 11.8 Å². The maximum Gasteiger partial charge on any atom is 0.339 e. The Morgan fingerprint density at radius 1 is 1.13 bits per heavy atom. The Labute approximate surface area is 179 Å². The monoisotopic (exact) mass is 423 g/mol. The van der Waals surface area contributed by atoms with Gasteiger partial charge in [0.25, 0.3) is 5.91 Å². The number of benzene rings is 1. The van der Waals surface area contributed by atoms with E-state index in [9.17, 15) is 14.4 Å². The molecule has 3 amide bonds. The van der Waals surface area contributed by atoms with Gasteiger partial charge in [-0.3, -0.25) is 10.1 Å². The molecule has 1 unspecified atom stereocenters. The van der Waals surface area contributed by atoms with Gasteiger partial charge in [-0.1, -0.05) is 30.3 Å². The second-order valence-corrected chi connectivity index (χ2v) is 7.24. The molecule has 0 bridgehead atoms. The van der Waals surface area contributed by atoms with E-state index >= 15 is 0 Å². The third-order valence-electron chi connectivity index (χ3n) is 4.57. The van der Waals surface area contributed by atoms with Gasteiger partial charge in [0.05, 0.1) is 22.8 Å². The van der Waals surface area contributed by atoms with E-state index in [1.807, 2.05) is 44.2 Å². The SMILES string of the molecule is CCNC(=O)NC(=O)C(C)OC(=O)c1cc(-c2ccccc2)nc2c1cnn2C(C)C. The number of fused-ring (bicyclic) bond motifs is 1. The van der Waals surface area contributed by atoms with Crippen molar-refractivity contribution in [2.45, 2.75) is 39.8 Å². The summed E-state index contributed by atoms with van der Waals surface area (Å²) in [5, 5.41) is 9.47. The van der Waals surface area contributed by atoms with Gasteiger partial charge in [-0.05, 0) is 33.8 Å². The van der Waals surface area contributed by atoms with Crippen LogP contribution >= 0.6 is 0 Å². The number of aromatic nitrogens is 3. The van der Waals surface area contributed by atoms with Gasteiger partial charge >= 0.3 is 12.0 Å². The molecule has 1 atom stereocenters. The molecule has 0 aliphatic rings. The van der Waals surface area contributed by atoms with Gasteiger partial charge < -0.3 is 10.1 Å². The third kappa shape index (κ3) is 4.88. The van der Waals surface area contributed by atoms with Crippen molar-refractivity contribution >= 4 is 28.9 Å². The van der Waals surface area contributed by atoms with Gasteiger partial charge in [0.1, 0.15) is 0 Å². The first-order chi connectivity index (χ1) is 14.8. The van der Waals surface area contributed by atoms with E-state index in [4.69, 9.17) is 9.72 Å². The molecule has 9 nitrogen and oxygen atoms in total. The minimum atomic E-state index is -1.17. The van der Waals surface area contributed by atoms with Crippen LogP contribution in [-0.2, 0) is 9.53 Å². The maximum absolute atomic E-state index is 13.0. The number of hydrogen-bond acceptors (Lipinski definition) is 6. The second-order valence-electron chi connectivity index (χ2n) is 7.24. The second kappa shape index (κ2) is 9.38. The van der Waals surface area contributed by atoms with Crippen LogP contribution in [0.5, 0.6) is 0 Å². The van der Waals surface area contributed by atoms with Crippen molar-refractivity contribution in [3.8, 4) is 11.3 Å². The predicted octanol–water partition coefficient (Wildman–Crippen LogP) is 3.07. The number of rotatable bonds is 6. The molecule has 2 N–H and O–H groups in total. The van der Waals surface area contributed by atoms with Gasteiger partial charge in [0.2, 0.25) is 0 Å². The van der Waals surface area contributed by atoms with Crippen molar-refractivity contribution in [3.05, 3.63) is 48.2 Å². The largest absolute Gasteiger partial charge is 0.449 e. The lowest BCUT2D eigenvalue weighted by Crippen LogP contribution is -2.44. The Morgan fingerprint density at radius 3 is 2.48 bits per heavy atom. The first kappa shape index (κ1) is 21.9. The fourth-order valence-electron chi connectivity index (χ4n) is 3.02. The summed E-state index contributed by atoms with van der Waals surface area (Å²) in [6, 6.07) is 10.4. The highest BCUT2D eigenvalue weighted by molar-refractivity contribution is 6.05. The molecule has 0 saturated heterocycles. The van der Waals surface area contributed by atoms with E-state index in [1.165, 1.54) is 6.92 Å². The van der Waals surface area contributed by atoms with Crippen LogP contribution in [-0.4, -0.2) is 45.3 Å². The minimum absolute atomic E-state index is 0.0293. The molecule has 0 aliphatic carbocycles. The zero-order valence-electron chi connectivity index (χ0n) is 17.9. The lowest BCUT2D eigenvalue weighted by atomic mass is 10.1. The van der Waals surface area contributed by atoms with Crippen LogP contribution in [0.2, 0.25) is 0 Å².